The molecule has 1 saturated heterocycles. The summed E-state index contributed by atoms with van der Waals surface area (Å²) in [5.41, 5.74) is 2.61. The predicted octanol–water partition coefficient (Wildman–Crippen LogP) is 3.05. The number of furan rings is 1. The number of carbonyl (C=O) groups is 1. The van der Waals surface area contributed by atoms with Gasteiger partial charge in [-0.25, -0.2) is 0 Å². The molecule has 7 heteroatoms. The molecule has 7 nitrogen and oxygen atoms in total. The molecule has 2 aromatic heterocycles. The number of carbonyl (C=O) groups excluding carboxylic acids is 1. The molecule has 146 valence electrons. The molecule has 0 saturated carbocycles. The fourth-order valence-corrected chi connectivity index (χ4v) is 3.42. The van der Waals surface area contributed by atoms with Gasteiger partial charge in [-0.15, -0.1) is 0 Å². The zero-order chi connectivity index (χ0) is 19.3. The monoisotopic (exact) mass is 381 g/mol. The van der Waals surface area contributed by atoms with E-state index in [1.807, 2.05) is 6.07 Å². The molecule has 3 heterocycles. The Bertz CT molecular complexity index is 913. The van der Waals surface area contributed by atoms with E-state index in [2.05, 4.69) is 40.5 Å². The molecule has 1 aliphatic heterocycles. The van der Waals surface area contributed by atoms with Crippen molar-refractivity contribution in [2.75, 3.05) is 32.8 Å². The molecular weight excluding hydrogens is 358 g/mol. The van der Waals surface area contributed by atoms with Crippen molar-refractivity contribution in [3.05, 3.63) is 65.5 Å². The second-order valence-corrected chi connectivity index (χ2v) is 6.84. The predicted molar refractivity (Wildman–Crippen MR) is 103 cm³/mol. The third kappa shape index (κ3) is 4.16. The Morgan fingerprint density at radius 1 is 1.18 bits per heavy atom. The van der Waals surface area contributed by atoms with E-state index < -0.39 is 0 Å². The number of aromatic nitrogens is 1. The summed E-state index contributed by atoms with van der Waals surface area (Å²) < 4.78 is 16.0. The molecule has 0 spiro atoms. The fraction of sp³-hybridized carbons (Fsp3) is 0.333. The molecule has 0 radical (unpaired) electrons. The highest BCUT2D eigenvalue weighted by atomic mass is 16.5. The van der Waals surface area contributed by atoms with E-state index in [0.717, 1.165) is 13.1 Å². The first kappa shape index (κ1) is 18.5. The van der Waals surface area contributed by atoms with Crippen molar-refractivity contribution in [2.24, 2.45) is 0 Å². The van der Waals surface area contributed by atoms with E-state index >= 15 is 0 Å². The molecule has 0 aliphatic carbocycles. The maximum absolute atomic E-state index is 12.6. The second-order valence-electron chi connectivity index (χ2n) is 6.84. The van der Waals surface area contributed by atoms with Crippen LogP contribution in [0.1, 0.15) is 27.7 Å². The molecule has 1 fully saturated rings. The van der Waals surface area contributed by atoms with Gasteiger partial charge in [0, 0.05) is 25.7 Å². The fourth-order valence-electron chi connectivity index (χ4n) is 3.42. The van der Waals surface area contributed by atoms with Crippen LogP contribution < -0.4 is 5.32 Å². The lowest BCUT2D eigenvalue weighted by atomic mass is 10.0. The number of ether oxygens (including phenoxy) is 1. The summed E-state index contributed by atoms with van der Waals surface area (Å²) in [4.78, 5) is 14.9. The largest absolute Gasteiger partial charge is 0.461 e. The quantitative estimate of drug-likeness (QED) is 0.707. The maximum atomic E-state index is 12.6. The Morgan fingerprint density at radius 2 is 2.04 bits per heavy atom. The Morgan fingerprint density at radius 3 is 2.79 bits per heavy atom. The van der Waals surface area contributed by atoms with E-state index in [0.29, 0.717) is 31.3 Å². The van der Waals surface area contributed by atoms with Gasteiger partial charge in [0.05, 0.1) is 25.5 Å². The molecule has 1 unspecified atom stereocenters. The van der Waals surface area contributed by atoms with E-state index in [-0.39, 0.29) is 17.6 Å². The van der Waals surface area contributed by atoms with Crippen molar-refractivity contribution in [1.82, 2.24) is 15.4 Å². The van der Waals surface area contributed by atoms with Crippen LogP contribution >= 0.6 is 0 Å². The first-order valence-electron chi connectivity index (χ1n) is 9.38. The summed E-state index contributed by atoms with van der Waals surface area (Å²) in [6.07, 6.45) is 1.55. The first-order chi connectivity index (χ1) is 13.7. The summed E-state index contributed by atoms with van der Waals surface area (Å²) in [6.45, 7) is 5.62. The summed E-state index contributed by atoms with van der Waals surface area (Å²) in [6, 6.07) is 13.6. The van der Waals surface area contributed by atoms with Crippen LogP contribution in [0.4, 0.5) is 0 Å². The third-order valence-electron chi connectivity index (χ3n) is 4.88. The van der Waals surface area contributed by atoms with Gasteiger partial charge in [-0.3, -0.25) is 9.69 Å². The van der Waals surface area contributed by atoms with Gasteiger partial charge in [-0.2, -0.15) is 0 Å². The van der Waals surface area contributed by atoms with Gasteiger partial charge in [0.25, 0.3) is 5.91 Å². The van der Waals surface area contributed by atoms with Crippen LogP contribution in [-0.2, 0) is 4.74 Å². The maximum Gasteiger partial charge on any atom is 0.273 e. The number of hydrogen-bond donors (Lipinski definition) is 1. The molecule has 1 aromatic carbocycles. The SMILES string of the molecule is Cc1cccc(C(CNC(=O)c2cc(-c3ccco3)on2)N2CCOCC2)c1. The minimum atomic E-state index is -0.271. The highest BCUT2D eigenvalue weighted by molar-refractivity contribution is 5.92. The van der Waals surface area contributed by atoms with E-state index in [4.69, 9.17) is 13.7 Å². The number of morpholine rings is 1. The van der Waals surface area contributed by atoms with Crippen LogP contribution in [0.5, 0.6) is 0 Å². The van der Waals surface area contributed by atoms with Crippen molar-refractivity contribution in [2.45, 2.75) is 13.0 Å². The Labute approximate surface area is 163 Å². The van der Waals surface area contributed by atoms with Crippen molar-refractivity contribution >= 4 is 5.91 Å². The molecule has 4 rings (SSSR count). The van der Waals surface area contributed by atoms with Crippen molar-refractivity contribution in [3.8, 4) is 11.5 Å². The highest BCUT2D eigenvalue weighted by Gasteiger charge is 2.24. The lowest BCUT2D eigenvalue weighted by molar-refractivity contribution is 0.0162. The molecule has 1 aliphatic rings. The van der Waals surface area contributed by atoms with Gasteiger partial charge >= 0.3 is 0 Å². The van der Waals surface area contributed by atoms with Gasteiger partial charge in [0.2, 0.25) is 5.76 Å². The van der Waals surface area contributed by atoms with Crippen molar-refractivity contribution in [1.29, 1.82) is 0 Å². The van der Waals surface area contributed by atoms with Crippen molar-refractivity contribution < 1.29 is 18.5 Å². The second kappa shape index (κ2) is 8.41. The minimum Gasteiger partial charge on any atom is -0.461 e. The summed E-state index contributed by atoms with van der Waals surface area (Å²) in [7, 11) is 0. The lowest BCUT2D eigenvalue weighted by Crippen LogP contribution is -2.43. The van der Waals surface area contributed by atoms with Gasteiger partial charge in [-0.1, -0.05) is 35.0 Å². The van der Waals surface area contributed by atoms with Crippen LogP contribution in [0.3, 0.4) is 0 Å². The van der Waals surface area contributed by atoms with Gasteiger partial charge in [-0.05, 0) is 24.6 Å². The van der Waals surface area contributed by atoms with Crippen LogP contribution in [0.25, 0.3) is 11.5 Å². The van der Waals surface area contributed by atoms with E-state index in [1.54, 1.807) is 24.5 Å². The molecular formula is C21H23N3O4. The van der Waals surface area contributed by atoms with Gasteiger partial charge < -0.3 is 19.0 Å². The van der Waals surface area contributed by atoms with Crippen LogP contribution in [0, 0.1) is 6.92 Å². The average molecular weight is 381 g/mol. The third-order valence-corrected chi connectivity index (χ3v) is 4.88. The molecule has 28 heavy (non-hydrogen) atoms. The van der Waals surface area contributed by atoms with Crippen LogP contribution in [0.2, 0.25) is 0 Å². The number of aryl methyl sites for hydroxylation is 1. The number of nitrogens with one attached hydrogen (secondary N) is 1. The zero-order valence-electron chi connectivity index (χ0n) is 15.8. The number of nitrogens with zero attached hydrogens (tertiary/aromatic N) is 2. The highest BCUT2D eigenvalue weighted by Crippen LogP contribution is 2.23. The summed E-state index contributed by atoms with van der Waals surface area (Å²) >= 11 is 0. The number of amides is 1. The van der Waals surface area contributed by atoms with E-state index in [9.17, 15) is 4.79 Å². The average Bonchev–Trinajstić information content (AvgIpc) is 3.41. The first-order valence-corrected chi connectivity index (χ1v) is 9.38. The smallest absolute Gasteiger partial charge is 0.273 e. The van der Waals surface area contributed by atoms with Crippen LogP contribution in [-0.4, -0.2) is 48.8 Å². The number of hydrogen-bond acceptors (Lipinski definition) is 6. The minimum absolute atomic E-state index is 0.0733. The molecule has 1 atom stereocenters. The van der Waals surface area contributed by atoms with E-state index in [1.165, 1.54) is 11.1 Å². The Balaban J connectivity index is 1.47. The Kier molecular flexibility index (Phi) is 5.55. The molecule has 0 bridgehead atoms. The Hall–Kier alpha value is -2.90. The van der Waals surface area contributed by atoms with Gasteiger partial charge in [0.15, 0.2) is 11.5 Å². The number of benzene rings is 1. The van der Waals surface area contributed by atoms with Gasteiger partial charge in [0.1, 0.15) is 0 Å². The lowest BCUT2D eigenvalue weighted by Gasteiger charge is -2.35. The topological polar surface area (TPSA) is 80.7 Å². The number of rotatable bonds is 6. The normalized spacial score (nSPS) is 16.0. The summed E-state index contributed by atoms with van der Waals surface area (Å²) in [5.74, 6) is 0.698. The van der Waals surface area contributed by atoms with Crippen molar-refractivity contribution in [3.63, 3.8) is 0 Å². The zero-order valence-corrected chi connectivity index (χ0v) is 15.8. The molecule has 3 aromatic rings. The molecule has 1 N–H and O–H groups in total. The summed E-state index contributed by atoms with van der Waals surface area (Å²) in [5, 5.41) is 6.87. The molecule has 1 amide bonds. The standard InChI is InChI=1S/C21H23N3O4/c1-15-4-2-5-16(12-15)18(24-7-10-26-11-8-24)14-22-21(25)17-13-20(28-23-17)19-6-3-9-27-19/h2-6,9,12-13,18H,7-8,10-11,14H2,1H3,(H,22,25). The van der Waals surface area contributed by atoms with Crippen LogP contribution in [0.15, 0.2) is 57.7 Å².